The van der Waals surface area contributed by atoms with Gasteiger partial charge < -0.3 is 5.73 Å². The molecule has 1 unspecified atom stereocenters. The van der Waals surface area contributed by atoms with Gasteiger partial charge in [-0.25, -0.2) is 8.42 Å². The van der Waals surface area contributed by atoms with Crippen molar-refractivity contribution < 1.29 is 8.42 Å². The van der Waals surface area contributed by atoms with Crippen molar-refractivity contribution in [3.05, 3.63) is 27.7 Å². The molecule has 0 radical (unpaired) electrons. The summed E-state index contributed by atoms with van der Waals surface area (Å²) >= 11 is 13.9. The van der Waals surface area contributed by atoms with Crippen LogP contribution in [0.4, 0.5) is 0 Å². The molecule has 1 aliphatic heterocycles. The molecule has 1 aliphatic rings. The van der Waals surface area contributed by atoms with Crippen molar-refractivity contribution >= 4 is 45.0 Å². The number of nitrogens with zero attached hydrogens (tertiary/aromatic N) is 1. The Bertz CT molecular complexity index is 623. The number of halogens is 2. The van der Waals surface area contributed by atoms with E-state index >= 15 is 0 Å². The molecule has 1 atom stereocenters. The van der Waals surface area contributed by atoms with Gasteiger partial charge in [-0.05, 0) is 24.1 Å². The standard InChI is InChI=1S/C13H18Cl2N2O2S2/c1-2-10-8-17(3-4-20-10)21(18,19)13-5-9(7-16)11(14)6-12(13)15/h5-6,10H,2-4,7-8,16H2,1H3. The van der Waals surface area contributed by atoms with Crippen LogP contribution < -0.4 is 5.73 Å². The molecule has 0 saturated carbocycles. The van der Waals surface area contributed by atoms with Gasteiger partial charge in [0.2, 0.25) is 10.0 Å². The number of thioether (sulfide) groups is 1. The molecular formula is C13H18Cl2N2O2S2. The highest BCUT2D eigenvalue weighted by Gasteiger charge is 2.31. The third-order valence-electron chi connectivity index (χ3n) is 3.50. The van der Waals surface area contributed by atoms with Crippen molar-refractivity contribution in [2.24, 2.45) is 5.73 Å². The van der Waals surface area contributed by atoms with E-state index in [1.807, 2.05) is 11.8 Å². The molecule has 0 aliphatic carbocycles. The lowest BCUT2D eigenvalue weighted by atomic mass is 10.2. The first kappa shape index (κ1) is 17.4. The fourth-order valence-electron chi connectivity index (χ4n) is 2.22. The predicted molar refractivity (Wildman–Crippen MR) is 89.6 cm³/mol. The van der Waals surface area contributed by atoms with Gasteiger partial charge in [0.25, 0.3) is 0 Å². The minimum Gasteiger partial charge on any atom is -0.326 e. The van der Waals surface area contributed by atoms with Crippen molar-refractivity contribution in [3.8, 4) is 0 Å². The van der Waals surface area contributed by atoms with E-state index in [0.717, 1.165) is 12.2 Å². The van der Waals surface area contributed by atoms with Crippen LogP contribution in [0.1, 0.15) is 18.9 Å². The minimum absolute atomic E-state index is 0.0933. The number of hydrogen-bond acceptors (Lipinski definition) is 4. The first-order valence-electron chi connectivity index (χ1n) is 6.69. The SMILES string of the molecule is CCC1CN(S(=O)(=O)c2cc(CN)c(Cl)cc2Cl)CCS1. The smallest absolute Gasteiger partial charge is 0.244 e. The van der Waals surface area contributed by atoms with Crippen molar-refractivity contribution in [2.75, 3.05) is 18.8 Å². The van der Waals surface area contributed by atoms with E-state index in [2.05, 4.69) is 6.92 Å². The second kappa shape index (κ2) is 7.06. The van der Waals surface area contributed by atoms with Crippen molar-refractivity contribution in [1.82, 2.24) is 4.31 Å². The van der Waals surface area contributed by atoms with E-state index in [1.165, 1.54) is 16.4 Å². The molecule has 2 rings (SSSR count). The third kappa shape index (κ3) is 3.68. The summed E-state index contributed by atoms with van der Waals surface area (Å²) in [6.45, 7) is 3.25. The van der Waals surface area contributed by atoms with Crippen molar-refractivity contribution in [3.63, 3.8) is 0 Å². The number of sulfonamides is 1. The van der Waals surface area contributed by atoms with Crippen molar-refractivity contribution in [2.45, 2.75) is 30.0 Å². The third-order valence-corrected chi connectivity index (χ3v) is 7.55. The molecule has 21 heavy (non-hydrogen) atoms. The van der Waals surface area contributed by atoms with Gasteiger partial charge in [-0.1, -0.05) is 30.1 Å². The molecule has 0 amide bonds. The zero-order chi connectivity index (χ0) is 15.6. The van der Waals surface area contributed by atoms with Crippen LogP contribution in [-0.4, -0.2) is 36.8 Å². The summed E-state index contributed by atoms with van der Waals surface area (Å²) < 4.78 is 27.1. The van der Waals surface area contributed by atoms with Gasteiger partial charge in [0.15, 0.2) is 0 Å². The summed E-state index contributed by atoms with van der Waals surface area (Å²) in [5, 5.41) is 0.860. The molecule has 1 aromatic rings. The highest BCUT2D eigenvalue weighted by Crippen LogP contribution is 2.32. The van der Waals surface area contributed by atoms with Gasteiger partial charge in [0, 0.05) is 35.7 Å². The maximum Gasteiger partial charge on any atom is 0.244 e. The second-order valence-corrected chi connectivity index (χ2v) is 8.97. The summed E-state index contributed by atoms with van der Waals surface area (Å²) in [4.78, 5) is 0.0933. The Hall–Kier alpha value is 0.0200. The topological polar surface area (TPSA) is 63.4 Å². The van der Waals surface area contributed by atoms with E-state index in [4.69, 9.17) is 28.9 Å². The molecule has 1 heterocycles. The Morgan fingerprint density at radius 3 is 2.71 bits per heavy atom. The van der Waals surface area contributed by atoms with Crippen LogP contribution in [0, 0.1) is 0 Å². The lowest BCUT2D eigenvalue weighted by molar-refractivity contribution is 0.416. The molecule has 1 fully saturated rings. The maximum atomic E-state index is 12.8. The molecule has 8 heteroatoms. The Kier molecular flexibility index (Phi) is 5.84. The molecule has 1 saturated heterocycles. The van der Waals surface area contributed by atoms with Gasteiger partial charge in [-0.2, -0.15) is 16.1 Å². The number of benzene rings is 1. The van der Waals surface area contributed by atoms with Crippen LogP contribution in [0.25, 0.3) is 0 Å². The molecule has 0 aromatic heterocycles. The molecule has 4 nitrogen and oxygen atoms in total. The lowest BCUT2D eigenvalue weighted by Crippen LogP contribution is -2.41. The molecule has 2 N–H and O–H groups in total. The summed E-state index contributed by atoms with van der Waals surface area (Å²) in [6.07, 6.45) is 0.944. The Labute approximate surface area is 140 Å². The quantitative estimate of drug-likeness (QED) is 0.886. The predicted octanol–water partition coefficient (Wildman–Crippen LogP) is 2.97. The molecule has 118 valence electrons. The Morgan fingerprint density at radius 1 is 1.38 bits per heavy atom. The van der Waals surface area contributed by atoms with Crippen LogP contribution in [0.2, 0.25) is 10.0 Å². The Balaban J connectivity index is 2.39. The minimum atomic E-state index is -3.61. The van der Waals surface area contributed by atoms with E-state index in [-0.39, 0.29) is 16.5 Å². The van der Waals surface area contributed by atoms with Crippen LogP contribution >= 0.6 is 35.0 Å². The maximum absolute atomic E-state index is 12.8. The number of rotatable bonds is 4. The molecule has 0 spiro atoms. The first-order valence-corrected chi connectivity index (χ1v) is 9.94. The fraction of sp³-hybridized carbons (Fsp3) is 0.538. The van der Waals surface area contributed by atoms with Gasteiger partial charge in [0.1, 0.15) is 4.90 Å². The molecular weight excluding hydrogens is 351 g/mol. The molecule has 1 aromatic carbocycles. The van der Waals surface area contributed by atoms with E-state index in [0.29, 0.717) is 28.9 Å². The average molecular weight is 369 g/mol. The van der Waals surface area contributed by atoms with E-state index < -0.39 is 10.0 Å². The lowest BCUT2D eigenvalue weighted by Gasteiger charge is -2.31. The summed E-state index contributed by atoms with van der Waals surface area (Å²) in [7, 11) is -3.61. The fourth-order valence-corrected chi connectivity index (χ4v) is 5.95. The normalized spacial score (nSPS) is 20.7. The highest BCUT2D eigenvalue weighted by atomic mass is 35.5. The van der Waals surface area contributed by atoms with Crippen LogP contribution in [0.3, 0.4) is 0 Å². The average Bonchev–Trinajstić information content (AvgIpc) is 2.47. The summed E-state index contributed by atoms with van der Waals surface area (Å²) in [5.74, 6) is 0.798. The molecule has 0 bridgehead atoms. The Morgan fingerprint density at radius 2 is 2.10 bits per heavy atom. The van der Waals surface area contributed by atoms with Crippen LogP contribution in [0.15, 0.2) is 17.0 Å². The highest BCUT2D eigenvalue weighted by molar-refractivity contribution is 8.00. The number of hydrogen-bond donors (Lipinski definition) is 1. The van der Waals surface area contributed by atoms with Crippen molar-refractivity contribution in [1.29, 1.82) is 0 Å². The van der Waals surface area contributed by atoms with Crippen LogP contribution in [-0.2, 0) is 16.6 Å². The second-order valence-electron chi connectivity index (χ2n) is 4.84. The zero-order valence-electron chi connectivity index (χ0n) is 11.7. The van der Waals surface area contributed by atoms with Gasteiger partial charge in [-0.15, -0.1) is 0 Å². The monoisotopic (exact) mass is 368 g/mol. The first-order chi connectivity index (χ1) is 9.90. The summed E-state index contributed by atoms with van der Waals surface area (Å²) in [5.41, 5.74) is 6.18. The van der Waals surface area contributed by atoms with Crippen LogP contribution in [0.5, 0.6) is 0 Å². The largest absolute Gasteiger partial charge is 0.326 e. The zero-order valence-corrected chi connectivity index (χ0v) is 14.8. The number of nitrogens with two attached hydrogens (primary N) is 1. The van der Waals surface area contributed by atoms with Gasteiger partial charge in [-0.3, -0.25) is 0 Å². The van der Waals surface area contributed by atoms with Gasteiger partial charge >= 0.3 is 0 Å². The summed E-state index contributed by atoms with van der Waals surface area (Å²) in [6, 6.07) is 2.94. The van der Waals surface area contributed by atoms with Gasteiger partial charge in [0.05, 0.1) is 5.02 Å². The van der Waals surface area contributed by atoms with E-state index in [9.17, 15) is 8.42 Å². The van der Waals surface area contributed by atoms with E-state index in [1.54, 1.807) is 0 Å².